The Balaban J connectivity index is 1.76. The summed E-state index contributed by atoms with van der Waals surface area (Å²) < 4.78 is 4.87. The van der Waals surface area contributed by atoms with Crippen molar-refractivity contribution in [2.75, 3.05) is 44.2 Å². The first-order valence-electron chi connectivity index (χ1n) is 9.20. The van der Waals surface area contributed by atoms with Gasteiger partial charge in [0.15, 0.2) is 0 Å². The molecule has 6 nitrogen and oxygen atoms in total. The molecule has 1 aromatic rings. The maximum absolute atomic E-state index is 12.2. The molecule has 25 heavy (non-hydrogen) atoms. The van der Waals surface area contributed by atoms with E-state index in [9.17, 15) is 9.59 Å². The standard InChI is InChI=1S/C19H29N3O3/c1-3-5-12-21(4-2)17-9-7-16(8-10-17)18(23)20-11-6-13-22-14-15-25-19(22)24/h7-10H,3-6,11-15H2,1-2H3,(H,20,23). The van der Waals surface area contributed by atoms with Crippen LogP contribution in [0.15, 0.2) is 24.3 Å². The van der Waals surface area contributed by atoms with Crippen LogP contribution in [0.25, 0.3) is 0 Å². The summed E-state index contributed by atoms with van der Waals surface area (Å²) in [6, 6.07) is 7.76. The Morgan fingerprint density at radius 2 is 2.00 bits per heavy atom. The number of carbonyl (C=O) groups excluding carboxylic acids is 2. The average molecular weight is 347 g/mol. The van der Waals surface area contributed by atoms with Gasteiger partial charge in [-0.15, -0.1) is 0 Å². The van der Waals surface area contributed by atoms with Crippen molar-refractivity contribution in [1.82, 2.24) is 10.2 Å². The Bertz CT molecular complexity index is 560. The van der Waals surface area contributed by atoms with Gasteiger partial charge >= 0.3 is 6.09 Å². The number of anilines is 1. The lowest BCUT2D eigenvalue weighted by molar-refractivity contribution is 0.0952. The second-order valence-electron chi connectivity index (χ2n) is 6.19. The molecule has 1 N–H and O–H groups in total. The van der Waals surface area contributed by atoms with Crippen LogP contribution in [0.4, 0.5) is 10.5 Å². The number of nitrogens with zero attached hydrogens (tertiary/aromatic N) is 2. The van der Waals surface area contributed by atoms with Gasteiger partial charge in [0.2, 0.25) is 0 Å². The third-order valence-electron chi connectivity index (χ3n) is 4.39. The summed E-state index contributed by atoms with van der Waals surface area (Å²) in [4.78, 5) is 27.5. The molecule has 0 spiro atoms. The van der Waals surface area contributed by atoms with Gasteiger partial charge in [0, 0.05) is 37.4 Å². The van der Waals surface area contributed by atoms with Crippen molar-refractivity contribution in [2.45, 2.75) is 33.1 Å². The van der Waals surface area contributed by atoms with Crippen LogP contribution < -0.4 is 10.2 Å². The number of carbonyl (C=O) groups is 2. The summed E-state index contributed by atoms with van der Waals surface area (Å²) in [7, 11) is 0. The van der Waals surface area contributed by atoms with E-state index in [1.165, 1.54) is 12.8 Å². The topological polar surface area (TPSA) is 61.9 Å². The van der Waals surface area contributed by atoms with E-state index in [0.717, 1.165) is 25.2 Å². The highest BCUT2D eigenvalue weighted by Crippen LogP contribution is 2.16. The second kappa shape index (κ2) is 9.91. The first-order valence-corrected chi connectivity index (χ1v) is 9.20. The molecule has 1 saturated heterocycles. The summed E-state index contributed by atoms with van der Waals surface area (Å²) >= 11 is 0. The molecular weight excluding hydrogens is 318 g/mol. The molecular formula is C19H29N3O3. The van der Waals surface area contributed by atoms with Crippen LogP contribution >= 0.6 is 0 Å². The van der Waals surface area contributed by atoms with Crippen LogP contribution in [0, 0.1) is 0 Å². The lowest BCUT2D eigenvalue weighted by atomic mass is 10.1. The van der Waals surface area contributed by atoms with Gasteiger partial charge in [0.25, 0.3) is 5.91 Å². The molecule has 0 aromatic heterocycles. The molecule has 138 valence electrons. The largest absolute Gasteiger partial charge is 0.448 e. The Hall–Kier alpha value is -2.24. The minimum Gasteiger partial charge on any atom is -0.448 e. The SMILES string of the molecule is CCCCN(CC)c1ccc(C(=O)NCCCN2CCOC2=O)cc1. The minimum absolute atomic E-state index is 0.0767. The number of benzene rings is 1. The second-order valence-corrected chi connectivity index (χ2v) is 6.19. The van der Waals surface area contributed by atoms with Gasteiger partial charge in [-0.05, 0) is 44.0 Å². The molecule has 2 rings (SSSR count). The van der Waals surface area contributed by atoms with Crippen molar-refractivity contribution in [1.29, 1.82) is 0 Å². The van der Waals surface area contributed by atoms with Crippen LogP contribution in [-0.4, -0.2) is 56.2 Å². The third-order valence-corrected chi connectivity index (χ3v) is 4.39. The fourth-order valence-electron chi connectivity index (χ4n) is 2.85. The van der Waals surface area contributed by atoms with E-state index in [2.05, 4.69) is 24.1 Å². The van der Waals surface area contributed by atoms with Crippen LogP contribution in [0.1, 0.15) is 43.5 Å². The van der Waals surface area contributed by atoms with E-state index in [1.54, 1.807) is 4.90 Å². The molecule has 2 amide bonds. The molecule has 0 saturated carbocycles. The number of ether oxygens (including phenoxy) is 1. The van der Waals surface area contributed by atoms with Crippen molar-refractivity contribution in [3.63, 3.8) is 0 Å². The van der Waals surface area contributed by atoms with Crippen molar-refractivity contribution in [3.8, 4) is 0 Å². The average Bonchev–Trinajstić information content (AvgIpc) is 3.04. The number of amides is 2. The van der Waals surface area contributed by atoms with Gasteiger partial charge in [-0.1, -0.05) is 13.3 Å². The van der Waals surface area contributed by atoms with Gasteiger partial charge in [-0.3, -0.25) is 4.79 Å². The summed E-state index contributed by atoms with van der Waals surface area (Å²) in [5, 5.41) is 2.90. The predicted molar refractivity (Wildman–Crippen MR) is 99.1 cm³/mol. The first-order chi connectivity index (χ1) is 12.2. The Kier molecular flexibility index (Phi) is 7.57. The predicted octanol–water partition coefficient (Wildman–Crippen LogP) is 2.89. The molecule has 6 heteroatoms. The quantitative estimate of drug-likeness (QED) is 0.661. The Morgan fingerprint density at radius 3 is 2.60 bits per heavy atom. The van der Waals surface area contributed by atoms with E-state index < -0.39 is 0 Å². The number of nitrogens with one attached hydrogen (secondary N) is 1. The summed E-state index contributed by atoms with van der Waals surface area (Å²) in [5.74, 6) is -0.0767. The summed E-state index contributed by atoms with van der Waals surface area (Å²) in [6.45, 7) is 8.59. The highest BCUT2D eigenvalue weighted by atomic mass is 16.6. The third kappa shape index (κ3) is 5.66. The highest BCUT2D eigenvalue weighted by Gasteiger charge is 2.20. The van der Waals surface area contributed by atoms with E-state index >= 15 is 0 Å². The maximum Gasteiger partial charge on any atom is 0.409 e. The zero-order chi connectivity index (χ0) is 18.1. The van der Waals surface area contributed by atoms with Crippen LogP contribution in [0.2, 0.25) is 0 Å². The lowest BCUT2D eigenvalue weighted by Crippen LogP contribution is -2.30. The van der Waals surface area contributed by atoms with Crippen molar-refractivity contribution < 1.29 is 14.3 Å². The number of hydrogen-bond acceptors (Lipinski definition) is 4. The summed E-state index contributed by atoms with van der Waals surface area (Å²) in [5.41, 5.74) is 1.82. The van der Waals surface area contributed by atoms with Gasteiger partial charge in [-0.25, -0.2) is 4.79 Å². The van der Waals surface area contributed by atoms with Crippen LogP contribution in [0.3, 0.4) is 0 Å². The lowest BCUT2D eigenvalue weighted by Gasteiger charge is -2.23. The van der Waals surface area contributed by atoms with Crippen LogP contribution in [0.5, 0.6) is 0 Å². The highest BCUT2D eigenvalue weighted by molar-refractivity contribution is 5.94. The van der Waals surface area contributed by atoms with Gasteiger partial charge in [0.05, 0.1) is 6.54 Å². The van der Waals surface area contributed by atoms with E-state index in [4.69, 9.17) is 4.74 Å². The van der Waals surface area contributed by atoms with Crippen molar-refractivity contribution in [3.05, 3.63) is 29.8 Å². The number of unbranched alkanes of at least 4 members (excludes halogenated alkanes) is 1. The van der Waals surface area contributed by atoms with Gasteiger partial charge in [0.1, 0.15) is 6.61 Å². The fraction of sp³-hybridized carbons (Fsp3) is 0.579. The fourth-order valence-corrected chi connectivity index (χ4v) is 2.85. The van der Waals surface area contributed by atoms with Crippen LogP contribution in [-0.2, 0) is 4.74 Å². The van der Waals surface area contributed by atoms with E-state index in [0.29, 0.717) is 31.8 Å². The first kappa shape index (κ1) is 19.1. The molecule has 1 heterocycles. The molecule has 0 atom stereocenters. The smallest absolute Gasteiger partial charge is 0.409 e. The normalized spacial score (nSPS) is 13.7. The van der Waals surface area contributed by atoms with E-state index in [-0.39, 0.29) is 12.0 Å². The van der Waals surface area contributed by atoms with Crippen molar-refractivity contribution >= 4 is 17.7 Å². The molecule has 0 aliphatic carbocycles. The molecule has 1 aromatic carbocycles. The van der Waals surface area contributed by atoms with Gasteiger partial charge in [-0.2, -0.15) is 0 Å². The molecule has 0 radical (unpaired) electrons. The zero-order valence-corrected chi connectivity index (χ0v) is 15.3. The van der Waals surface area contributed by atoms with Gasteiger partial charge < -0.3 is 19.9 Å². The maximum atomic E-state index is 12.2. The molecule has 1 fully saturated rings. The molecule has 1 aliphatic rings. The van der Waals surface area contributed by atoms with Crippen molar-refractivity contribution in [2.24, 2.45) is 0 Å². The molecule has 1 aliphatic heterocycles. The minimum atomic E-state index is -0.259. The number of rotatable bonds is 10. The molecule has 0 bridgehead atoms. The Labute approximate surface area is 150 Å². The monoisotopic (exact) mass is 347 g/mol. The Morgan fingerprint density at radius 1 is 1.24 bits per heavy atom. The van der Waals surface area contributed by atoms with E-state index in [1.807, 2.05) is 24.3 Å². The summed E-state index contributed by atoms with van der Waals surface area (Å²) in [6.07, 6.45) is 2.80. The zero-order valence-electron chi connectivity index (χ0n) is 15.3. The molecule has 0 unspecified atom stereocenters. The number of cyclic esters (lactones) is 1. The number of hydrogen-bond donors (Lipinski definition) is 1.